The second kappa shape index (κ2) is 10.4. The number of nitrogens with zero attached hydrogens (tertiary/aromatic N) is 6. The maximum absolute atomic E-state index is 14.1. The topological polar surface area (TPSA) is 125 Å². The first-order valence-corrected chi connectivity index (χ1v) is 13.5. The number of benzene rings is 2. The van der Waals surface area contributed by atoms with Crippen molar-refractivity contribution >= 4 is 22.6 Å². The highest BCUT2D eigenvalue weighted by Gasteiger charge is 2.36. The lowest BCUT2D eigenvalue weighted by atomic mass is 9.84. The Morgan fingerprint density at radius 1 is 1.15 bits per heavy atom. The smallest absolute Gasteiger partial charge is 0.390 e. The number of amides is 2. The fourth-order valence-electron chi connectivity index (χ4n) is 5.51. The van der Waals surface area contributed by atoms with E-state index in [1.807, 2.05) is 39.8 Å². The van der Waals surface area contributed by atoms with E-state index in [2.05, 4.69) is 31.0 Å². The zero-order chi connectivity index (χ0) is 29.6. The molecule has 3 N–H and O–H groups in total. The standard InChI is InChI=1S/C28H33F3N8O2/c1-17(2)15-27(41)9-11-38(12-10-27)25(40)33-19-13-22(28(29,30)31)21-16-32-39(23(21)14-19)20-7-5-18(6-8-20)26(3,4)24-34-36-37-35-24/h5-8,13-14,16-17,41H,9-12,15H2,1-4H3,(H,33,40)(H,34,35,36,37). The van der Waals surface area contributed by atoms with Crippen LogP contribution in [0.4, 0.5) is 23.7 Å². The predicted octanol–water partition coefficient (Wildman–Crippen LogP) is 5.29. The summed E-state index contributed by atoms with van der Waals surface area (Å²) >= 11 is 0. The maximum Gasteiger partial charge on any atom is 0.417 e. The monoisotopic (exact) mass is 570 g/mol. The van der Waals surface area contributed by atoms with Gasteiger partial charge in [-0.1, -0.05) is 31.2 Å². The average molecular weight is 571 g/mol. The maximum atomic E-state index is 14.1. The van der Waals surface area contributed by atoms with Crippen LogP contribution in [0.15, 0.2) is 42.6 Å². The van der Waals surface area contributed by atoms with E-state index in [0.29, 0.717) is 49.8 Å². The molecule has 2 aromatic carbocycles. The van der Waals surface area contributed by atoms with Gasteiger partial charge >= 0.3 is 12.2 Å². The lowest BCUT2D eigenvalue weighted by Crippen LogP contribution is -2.48. The average Bonchev–Trinajstić information content (AvgIpc) is 3.59. The number of hydrogen-bond donors (Lipinski definition) is 3. The molecule has 0 bridgehead atoms. The Morgan fingerprint density at radius 3 is 2.41 bits per heavy atom. The SMILES string of the molecule is CC(C)CC1(O)CCN(C(=O)Nc2cc(C(F)(F)F)c3cnn(-c4ccc(C(C)(C)c5nn[nH]n5)cc4)c3c2)CC1. The zero-order valence-corrected chi connectivity index (χ0v) is 23.3. The molecule has 4 aromatic rings. The van der Waals surface area contributed by atoms with Crippen LogP contribution in [0.3, 0.4) is 0 Å². The van der Waals surface area contributed by atoms with Crippen LogP contribution in [-0.4, -0.2) is 65.1 Å². The number of halogens is 3. The third-order valence-corrected chi connectivity index (χ3v) is 7.75. The van der Waals surface area contributed by atoms with E-state index in [-0.39, 0.29) is 16.6 Å². The van der Waals surface area contributed by atoms with Crippen molar-refractivity contribution in [3.8, 4) is 5.69 Å². The Hall–Kier alpha value is -4.00. The molecule has 5 rings (SSSR count). The second-order valence-corrected chi connectivity index (χ2v) is 11.7. The molecule has 1 aliphatic heterocycles. The van der Waals surface area contributed by atoms with Gasteiger partial charge in [-0.3, -0.25) is 0 Å². The number of aliphatic hydroxyl groups is 1. The summed E-state index contributed by atoms with van der Waals surface area (Å²) in [6, 6.07) is 9.11. The number of fused-ring (bicyclic) bond motifs is 1. The van der Waals surface area contributed by atoms with Crippen LogP contribution in [0.1, 0.15) is 63.9 Å². The molecule has 10 nitrogen and oxygen atoms in total. The number of rotatable bonds is 6. The van der Waals surface area contributed by atoms with E-state index >= 15 is 0 Å². The Labute approximate surface area is 234 Å². The Morgan fingerprint density at radius 2 is 1.83 bits per heavy atom. The third kappa shape index (κ3) is 5.76. The fourth-order valence-corrected chi connectivity index (χ4v) is 5.51. The summed E-state index contributed by atoms with van der Waals surface area (Å²) in [5.41, 5.74) is -0.654. The number of carbonyl (C=O) groups is 1. The summed E-state index contributed by atoms with van der Waals surface area (Å²) in [7, 11) is 0. The second-order valence-electron chi connectivity index (χ2n) is 11.7. The number of H-pyrrole nitrogens is 1. The van der Waals surface area contributed by atoms with Gasteiger partial charge in [0.05, 0.1) is 34.0 Å². The van der Waals surface area contributed by atoms with E-state index in [0.717, 1.165) is 11.6 Å². The van der Waals surface area contributed by atoms with Crippen molar-refractivity contribution < 1.29 is 23.1 Å². The van der Waals surface area contributed by atoms with E-state index in [1.54, 1.807) is 12.1 Å². The lowest BCUT2D eigenvalue weighted by Gasteiger charge is -2.39. The van der Waals surface area contributed by atoms with Crippen LogP contribution in [0.2, 0.25) is 0 Å². The molecule has 0 atom stereocenters. The van der Waals surface area contributed by atoms with Crippen LogP contribution in [-0.2, 0) is 11.6 Å². The minimum atomic E-state index is -4.66. The van der Waals surface area contributed by atoms with Crippen molar-refractivity contribution in [1.29, 1.82) is 0 Å². The molecule has 0 spiro atoms. The summed E-state index contributed by atoms with van der Waals surface area (Å²) in [6.45, 7) is 8.56. The van der Waals surface area contributed by atoms with Gasteiger partial charge in [-0.2, -0.15) is 23.5 Å². The first kappa shape index (κ1) is 28.5. The molecular weight excluding hydrogens is 537 g/mol. The van der Waals surface area contributed by atoms with E-state index in [9.17, 15) is 23.1 Å². The van der Waals surface area contributed by atoms with Gasteiger partial charge in [-0.15, -0.1) is 10.2 Å². The lowest BCUT2D eigenvalue weighted by molar-refractivity contribution is -0.136. The molecule has 218 valence electrons. The summed E-state index contributed by atoms with van der Waals surface area (Å²) in [4.78, 5) is 14.6. The van der Waals surface area contributed by atoms with Gasteiger partial charge < -0.3 is 15.3 Å². The molecule has 3 heterocycles. The number of piperidine rings is 1. The predicted molar refractivity (Wildman–Crippen MR) is 147 cm³/mol. The normalized spacial score (nSPS) is 16.0. The first-order chi connectivity index (χ1) is 19.3. The van der Waals surface area contributed by atoms with Crippen molar-refractivity contribution in [2.75, 3.05) is 18.4 Å². The number of aromatic amines is 1. The van der Waals surface area contributed by atoms with Gasteiger partial charge in [-0.05, 0) is 68.9 Å². The number of tetrazole rings is 1. The van der Waals surface area contributed by atoms with Gasteiger partial charge in [0.2, 0.25) is 0 Å². The number of nitrogens with one attached hydrogen (secondary N) is 2. The molecule has 0 unspecified atom stereocenters. The number of alkyl halides is 3. The van der Waals surface area contributed by atoms with E-state index in [4.69, 9.17) is 0 Å². The largest absolute Gasteiger partial charge is 0.417 e. The summed E-state index contributed by atoms with van der Waals surface area (Å²) < 4.78 is 43.7. The Bertz CT molecular complexity index is 1520. The zero-order valence-electron chi connectivity index (χ0n) is 23.3. The molecule has 1 fully saturated rings. The van der Waals surface area contributed by atoms with E-state index < -0.39 is 28.8 Å². The van der Waals surface area contributed by atoms with Gasteiger partial charge in [-0.25, -0.2) is 9.48 Å². The van der Waals surface area contributed by atoms with E-state index in [1.165, 1.54) is 21.8 Å². The molecule has 0 radical (unpaired) electrons. The summed E-state index contributed by atoms with van der Waals surface area (Å²) in [5.74, 6) is 0.814. The van der Waals surface area contributed by atoms with Gasteiger partial charge in [0.15, 0.2) is 5.82 Å². The Balaban J connectivity index is 1.43. The molecule has 0 saturated carbocycles. The number of carbonyl (C=O) groups excluding carboxylic acids is 1. The third-order valence-electron chi connectivity index (χ3n) is 7.75. The number of hydrogen-bond acceptors (Lipinski definition) is 6. The highest BCUT2D eigenvalue weighted by atomic mass is 19.4. The number of likely N-dealkylation sites (tertiary alicyclic amines) is 1. The van der Waals surface area contributed by atoms with Crippen molar-refractivity contribution in [2.24, 2.45) is 5.92 Å². The Kier molecular flexibility index (Phi) is 7.26. The minimum Gasteiger partial charge on any atom is -0.390 e. The van der Waals surface area contributed by atoms with Crippen LogP contribution >= 0.6 is 0 Å². The van der Waals surface area contributed by atoms with Gasteiger partial charge in [0.25, 0.3) is 0 Å². The first-order valence-electron chi connectivity index (χ1n) is 13.5. The summed E-state index contributed by atoms with van der Waals surface area (Å²) in [6.07, 6.45) is -2.02. The molecule has 2 aromatic heterocycles. The van der Waals surface area contributed by atoms with Gasteiger partial charge in [0, 0.05) is 24.2 Å². The molecule has 1 aliphatic rings. The number of aromatic nitrogens is 6. The number of anilines is 1. The molecule has 1 saturated heterocycles. The van der Waals surface area contributed by atoms with Crippen LogP contribution in [0.25, 0.3) is 16.6 Å². The minimum absolute atomic E-state index is 0.00875. The van der Waals surface area contributed by atoms with Gasteiger partial charge in [0.1, 0.15) is 0 Å². The molecule has 41 heavy (non-hydrogen) atoms. The number of urea groups is 1. The highest BCUT2D eigenvalue weighted by molar-refractivity contribution is 5.94. The van der Waals surface area contributed by atoms with Crippen molar-refractivity contribution in [3.05, 3.63) is 59.5 Å². The summed E-state index contributed by atoms with van der Waals surface area (Å²) in [5, 5.41) is 31.8. The van der Waals surface area contributed by atoms with Crippen LogP contribution < -0.4 is 5.32 Å². The molecule has 2 amide bonds. The molecular formula is C28H33F3N8O2. The van der Waals surface area contributed by atoms with Crippen LogP contribution in [0.5, 0.6) is 0 Å². The quantitative estimate of drug-likeness (QED) is 0.289. The van der Waals surface area contributed by atoms with Crippen molar-refractivity contribution in [2.45, 2.75) is 64.1 Å². The van der Waals surface area contributed by atoms with Crippen LogP contribution in [0, 0.1) is 5.92 Å². The van der Waals surface area contributed by atoms with Crippen molar-refractivity contribution in [1.82, 2.24) is 35.3 Å². The van der Waals surface area contributed by atoms with Crippen molar-refractivity contribution in [3.63, 3.8) is 0 Å². The molecule has 0 aliphatic carbocycles. The highest BCUT2D eigenvalue weighted by Crippen LogP contribution is 2.38. The fraction of sp³-hybridized carbons (Fsp3) is 0.464. The molecule has 13 heteroatoms.